The lowest BCUT2D eigenvalue weighted by molar-refractivity contribution is -0.146. The SMILES string of the molecule is CC(C)C(NC(=O)OC(C)(C)C)C(=O)OCC(=O)c1ccc(-c2ccc(C(=O)CO)cc2)cc1. The molecule has 34 heavy (non-hydrogen) atoms. The highest BCUT2D eigenvalue weighted by atomic mass is 16.6. The van der Waals surface area contributed by atoms with Crippen LogP contribution in [0.5, 0.6) is 0 Å². The number of rotatable bonds is 9. The average Bonchev–Trinajstić information content (AvgIpc) is 2.79. The third-order valence-corrected chi connectivity index (χ3v) is 4.83. The first kappa shape index (κ1) is 26.7. The van der Waals surface area contributed by atoms with Gasteiger partial charge in [-0.25, -0.2) is 9.59 Å². The predicted octanol–water partition coefficient (Wildman–Crippen LogP) is 3.80. The van der Waals surface area contributed by atoms with Crippen LogP contribution in [-0.4, -0.2) is 53.6 Å². The Hall–Kier alpha value is -3.52. The van der Waals surface area contributed by atoms with Gasteiger partial charge in [0.15, 0.2) is 18.2 Å². The van der Waals surface area contributed by atoms with Crippen molar-refractivity contribution in [3.63, 3.8) is 0 Å². The highest BCUT2D eigenvalue weighted by Gasteiger charge is 2.28. The number of amides is 1. The van der Waals surface area contributed by atoms with E-state index < -0.39 is 36.9 Å². The minimum atomic E-state index is -0.953. The molecule has 1 atom stereocenters. The van der Waals surface area contributed by atoms with E-state index in [2.05, 4.69) is 5.32 Å². The Bertz CT molecular complexity index is 1020. The molecule has 1 unspecified atom stereocenters. The number of ether oxygens (including phenoxy) is 2. The van der Waals surface area contributed by atoms with E-state index in [9.17, 15) is 19.2 Å². The van der Waals surface area contributed by atoms with Crippen LogP contribution < -0.4 is 5.32 Å². The monoisotopic (exact) mass is 469 g/mol. The largest absolute Gasteiger partial charge is 0.456 e. The van der Waals surface area contributed by atoms with Crippen molar-refractivity contribution in [3.05, 3.63) is 59.7 Å². The summed E-state index contributed by atoms with van der Waals surface area (Å²) in [7, 11) is 0. The van der Waals surface area contributed by atoms with Crippen LogP contribution in [0, 0.1) is 5.92 Å². The van der Waals surface area contributed by atoms with Crippen molar-refractivity contribution in [2.75, 3.05) is 13.2 Å². The Labute approximate surface area is 199 Å². The molecule has 8 heteroatoms. The molecule has 0 heterocycles. The number of ketones is 2. The minimum Gasteiger partial charge on any atom is -0.456 e. The minimum absolute atomic E-state index is 0.270. The smallest absolute Gasteiger partial charge is 0.408 e. The summed E-state index contributed by atoms with van der Waals surface area (Å²) < 4.78 is 10.3. The molecule has 2 N–H and O–H groups in total. The number of aliphatic hydroxyl groups is 1. The van der Waals surface area contributed by atoms with E-state index in [4.69, 9.17) is 14.6 Å². The van der Waals surface area contributed by atoms with Crippen LogP contribution in [0.15, 0.2) is 48.5 Å². The highest BCUT2D eigenvalue weighted by molar-refractivity contribution is 5.99. The van der Waals surface area contributed by atoms with Gasteiger partial charge < -0.3 is 19.9 Å². The first-order valence-corrected chi connectivity index (χ1v) is 10.9. The van der Waals surface area contributed by atoms with Gasteiger partial charge in [0.2, 0.25) is 0 Å². The number of hydrogen-bond donors (Lipinski definition) is 2. The average molecular weight is 470 g/mol. The van der Waals surface area contributed by atoms with E-state index in [1.165, 1.54) is 0 Å². The molecule has 8 nitrogen and oxygen atoms in total. The molecule has 2 aromatic rings. The zero-order chi connectivity index (χ0) is 25.5. The van der Waals surface area contributed by atoms with E-state index in [-0.39, 0.29) is 17.5 Å². The number of nitrogens with one attached hydrogen (secondary N) is 1. The Morgan fingerprint density at radius 2 is 1.32 bits per heavy atom. The van der Waals surface area contributed by atoms with Crippen LogP contribution in [0.3, 0.4) is 0 Å². The zero-order valence-corrected chi connectivity index (χ0v) is 20.1. The molecular formula is C26H31NO7. The Kier molecular flexibility index (Phi) is 9.09. The summed E-state index contributed by atoms with van der Waals surface area (Å²) in [5.41, 5.74) is 1.74. The molecular weight excluding hydrogens is 438 g/mol. The standard InChI is InChI=1S/C26H31NO7/c1-16(2)23(27-25(32)34-26(3,4)5)24(31)33-15-22(30)20-12-8-18(9-13-20)17-6-10-19(11-7-17)21(29)14-28/h6-13,16,23,28H,14-15H2,1-5H3,(H,27,32). The van der Waals surface area contributed by atoms with Crippen molar-refractivity contribution in [2.24, 2.45) is 5.92 Å². The molecule has 2 aromatic carbocycles. The highest BCUT2D eigenvalue weighted by Crippen LogP contribution is 2.21. The molecule has 0 fully saturated rings. The van der Waals surface area contributed by atoms with Crippen LogP contribution in [-0.2, 0) is 14.3 Å². The van der Waals surface area contributed by atoms with Gasteiger partial charge in [-0.2, -0.15) is 0 Å². The summed E-state index contributed by atoms with van der Waals surface area (Å²) in [4.78, 5) is 48.5. The summed E-state index contributed by atoms with van der Waals surface area (Å²) >= 11 is 0. The number of alkyl carbamates (subject to hydrolysis) is 1. The number of carbonyl (C=O) groups excluding carboxylic acids is 4. The summed E-state index contributed by atoms with van der Waals surface area (Å²) in [6.45, 7) is 7.63. The molecule has 0 aromatic heterocycles. The maximum absolute atomic E-state index is 12.5. The zero-order valence-electron chi connectivity index (χ0n) is 20.1. The lowest BCUT2D eigenvalue weighted by atomic mass is 10.0. The number of carbonyl (C=O) groups is 4. The summed E-state index contributed by atoms with van der Waals surface area (Å²) in [6, 6.07) is 12.6. The van der Waals surface area contributed by atoms with E-state index in [0.717, 1.165) is 11.1 Å². The van der Waals surface area contributed by atoms with Gasteiger partial charge >= 0.3 is 12.1 Å². The van der Waals surface area contributed by atoms with Gasteiger partial charge in [-0.15, -0.1) is 0 Å². The van der Waals surface area contributed by atoms with Crippen molar-refractivity contribution < 1.29 is 33.8 Å². The van der Waals surface area contributed by atoms with Crippen molar-refractivity contribution in [1.29, 1.82) is 0 Å². The van der Waals surface area contributed by atoms with Gasteiger partial charge in [-0.3, -0.25) is 9.59 Å². The maximum Gasteiger partial charge on any atom is 0.408 e. The first-order valence-electron chi connectivity index (χ1n) is 10.9. The fraction of sp³-hybridized carbons (Fsp3) is 0.385. The second kappa shape index (κ2) is 11.6. The maximum atomic E-state index is 12.5. The van der Waals surface area contributed by atoms with Gasteiger partial charge in [0.05, 0.1) is 0 Å². The molecule has 182 valence electrons. The van der Waals surface area contributed by atoms with Crippen LogP contribution in [0.4, 0.5) is 4.79 Å². The molecule has 0 saturated heterocycles. The predicted molar refractivity (Wildman–Crippen MR) is 127 cm³/mol. The van der Waals surface area contributed by atoms with Crippen LogP contribution in [0.1, 0.15) is 55.3 Å². The van der Waals surface area contributed by atoms with Gasteiger partial charge in [0.25, 0.3) is 0 Å². The molecule has 0 aliphatic carbocycles. The van der Waals surface area contributed by atoms with Gasteiger partial charge in [-0.05, 0) is 37.8 Å². The number of Topliss-reactive ketones (excluding diaryl/α,β-unsaturated/α-hetero) is 2. The van der Waals surface area contributed by atoms with E-state index in [1.807, 2.05) is 0 Å². The summed E-state index contributed by atoms with van der Waals surface area (Å²) in [5.74, 6) is -1.73. The van der Waals surface area contributed by atoms with Crippen LogP contribution >= 0.6 is 0 Å². The van der Waals surface area contributed by atoms with Gasteiger partial charge in [0.1, 0.15) is 18.2 Å². The van der Waals surface area contributed by atoms with Crippen LogP contribution in [0.2, 0.25) is 0 Å². The summed E-state index contributed by atoms with van der Waals surface area (Å²) in [5, 5.41) is 11.4. The number of esters is 1. The third-order valence-electron chi connectivity index (χ3n) is 4.83. The molecule has 0 saturated carbocycles. The molecule has 1 amide bonds. The number of hydrogen-bond acceptors (Lipinski definition) is 7. The summed E-state index contributed by atoms with van der Waals surface area (Å²) in [6.07, 6.45) is -0.737. The third kappa shape index (κ3) is 7.81. The number of aliphatic hydroxyl groups excluding tert-OH is 1. The fourth-order valence-electron chi connectivity index (χ4n) is 3.03. The molecule has 0 aliphatic rings. The second-order valence-electron chi connectivity index (χ2n) is 9.13. The van der Waals surface area contributed by atoms with E-state index in [1.54, 1.807) is 83.1 Å². The lowest BCUT2D eigenvalue weighted by Crippen LogP contribution is -2.47. The molecule has 2 rings (SSSR count). The normalized spacial score (nSPS) is 12.1. The van der Waals surface area contributed by atoms with Gasteiger partial charge in [-0.1, -0.05) is 62.4 Å². The van der Waals surface area contributed by atoms with Crippen molar-refractivity contribution >= 4 is 23.6 Å². The Balaban J connectivity index is 1.97. The second-order valence-corrected chi connectivity index (χ2v) is 9.13. The van der Waals surface area contributed by atoms with Crippen molar-refractivity contribution in [1.82, 2.24) is 5.32 Å². The molecule has 0 aliphatic heterocycles. The van der Waals surface area contributed by atoms with E-state index in [0.29, 0.717) is 11.1 Å². The fourth-order valence-corrected chi connectivity index (χ4v) is 3.03. The van der Waals surface area contributed by atoms with Gasteiger partial charge in [0, 0.05) is 11.1 Å². The quantitative estimate of drug-likeness (QED) is 0.423. The van der Waals surface area contributed by atoms with E-state index >= 15 is 0 Å². The van der Waals surface area contributed by atoms with Crippen molar-refractivity contribution in [2.45, 2.75) is 46.3 Å². The Morgan fingerprint density at radius 1 is 0.853 bits per heavy atom. The first-order chi connectivity index (χ1) is 15.9. The molecule has 0 radical (unpaired) electrons. The van der Waals surface area contributed by atoms with Crippen LogP contribution in [0.25, 0.3) is 11.1 Å². The molecule has 0 bridgehead atoms. The lowest BCUT2D eigenvalue weighted by Gasteiger charge is -2.24. The number of benzene rings is 2. The topological polar surface area (TPSA) is 119 Å². The Morgan fingerprint density at radius 3 is 1.74 bits per heavy atom. The van der Waals surface area contributed by atoms with Crippen molar-refractivity contribution in [3.8, 4) is 11.1 Å². The molecule has 0 spiro atoms.